The fraction of sp³-hybridized carbons (Fsp3) is 1.00. The fourth-order valence-electron chi connectivity index (χ4n) is 0.0961. The van der Waals surface area contributed by atoms with Crippen LogP contribution in [-0.2, 0) is 8.67 Å². The van der Waals surface area contributed by atoms with Crippen LogP contribution in [0.5, 0.6) is 0 Å². The Morgan fingerprint density at radius 2 is 2.14 bits per heavy atom. The topological polar surface area (TPSA) is 18.5 Å². The van der Waals surface area contributed by atoms with Crippen LogP contribution in [0.15, 0.2) is 0 Å². The lowest BCUT2D eigenvalue weighted by Gasteiger charge is -1.94. The van der Waals surface area contributed by atoms with Gasteiger partial charge in [-0.05, 0) is 11.9 Å². The molecular formula is C2H7BO2S2. The van der Waals surface area contributed by atoms with Gasteiger partial charge in [-0.1, -0.05) is 13.6 Å². The molecule has 42 valence electrons. The van der Waals surface area contributed by atoms with Gasteiger partial charge in [-0.3, -0.25) is 0 Å². The maximum Gasteiger partial charge on any atom is 0.244 e. The molecule has 0 aromatic rings. The normalized spacial score (nSPS) is 9.00. The summed E-state index contributed by atoms with van der Waals surface area (Å²) in [6, 6.07) is 0. The van der Waals surface area contributed by atoms with E-state index in [4.69, 9.17) is 0 Å². The lowest BCUT2D eigenvalue weighted by Crippen LogP contribution is -1.91. The van der Waals surface area contributed by atoms with Crippen molar-refractivity contribution < 1.29 is 8.67 Å². The summed E-state index contributed by atoms with van der Waals surface area (Å²) in [7, 11) is 0. The molecule has 0 aliphatic carbocycles. The average Bonchev–Trinajstić information content (AvgIpc) is 1.61. The first-order valence-corrected chi connectivity index (χ1v) is 3.08. The molecule has 0 amide bonds. The standard InChI is InChI=1S/C2H7BO2S2/c1-3(2)7-5-4-6/h6H,1-2H3. The van der Waals surface area contributed by atoms with E-state index in [9.17, 15) is 0 Å². The van der Waals surface area contributed by atoms with E-state index in [0.717, 1.165) is 0 Å². The van der Waals surface area contributed by atoms with E-state index in [0.29, 0.717) is 5.99 Å². The van der Waals surface area contributed by atoms with E-state index in [-0.39, 0.29) is 0 Å². The molecule has 0 saturated heterocycles. The predicted molar refractivity (Wildman–Crippen MR) is 36.2 cm³/mol. The second-order valence-corrected chi connectivity index (χ2v) is 2.71. The number of hydrogen-bond donors (Lipinski definition) is 1. The first-order chi connectivity index (χ1) is 3.27. The molecule has 0 heterocycles. The third-order valence-electron chi connectivity index (χ3n) is 0.262. The van der Waals surface area contributed by atoms with Crippen molar-refractivity contribution in [2.45, 2.75) is 13.6 Å². The molecule has 0 saturated carbocycles. The number of hydrogen-bond acceptors (Lipinski definition) is 4. The fourth-order valence-corrected chi connectivity index (χ4v) is 0.394. The second kappa shape index (κ2) is 4.83. The summed E-state index contributed by atoms with van der Waals surface area (Å²) in [5.41, 5.74) is 0. The summed E-state index contributed by atoms with van der Waals surface area (Å²) >= 11 is 4.58. The molecule has 0 unspecified atom stereocenters. The molecule has 0 aliphatic heterocycles. The van der Waals surface area contributed by atoms with Crippen molar-refractivity contribution in [1.29, 1.82) is 0 Å². The smallest absolute Gasteiger partial charge is 0.163 e. The lowest BCUT2D eigenvalue weighted by molar-refractivity contribution is -0.0474. The molecule has 5 heteroatoms. The first-order valence-electron chi connectivity index (χ1n) is 1.91. The highest BCUT2D eigenvalue weighted by Crippen LogP contribution is 2.07. The van der Waals surface area contributed by atoms with Gasteiger partial charge in [0, 0.05) is 12.9 Å². The van der Waals surface area contributed by atoms with Crippen LogP contribution in [-0.4, -0.2) is 5.99 Å². The zero-order valence-electron chi connectivity index (χ0n) is 4.25. The molecule has 7 heavy (non-hydrogen) atoms. The van der Waals surface area contributed by atoms with Gasteiger partial charge >= 0.3 is 0 Å². The molecule has 0 atom stereocenters. The molecule has 0 N–H and O–H groups in total. The van der Waals surface area contributed by atoms with E-state index >= 15 is 0 Å². The van der Waals surface area contributed by atoms with Gasteiger partial charge in [0.05, 0.1) is 0 Å². The van der Waals surface area contributed by atoms with Gasteiger partial charge in [0.2, 0.25) is 5.99 Å². The third kappa shape index (κ3) is 6.68. The highest BCUT2D eigenvalue weighted by Gasteiger charge is 1.97. The van der Waals surface area contributed by atoms with Crippen LogP contribution in [0, 0.1) is 0 Å². The maximum atomic E-state index is 4.38. The molecule has 0 fully saturated rings. The van der Waals surface area contributed by atoms with Gasteiger partial charge < -0.3 is 0 Å². The van der Waals surface area contributed by atoms with Crippen LogP contribution in [0.2, 0.25) is 13.6 Å². The van der Waals surface area contributed by atoms with Crippen LogP contribution < -0.4 is 0 Å². The van der Waals surface area contributed by atoms with Gasteiger partial charge in [0.1, 0.15) is 0 Å². The summed E-state index contributed by atoms with van der Waals surface area (Å²) in [4.78, 5) is 0. The quantitative estimate of drug-likeness (QED) is 0.210. The monoisotopic (exact) mass is 138 g/mol. The van der Waals surface area contributed by atoms with Crippen molar-refractivity contribution in [2.75, 3.05) is 0 Å². The SMILES string of the molecule is CB(C)SOOS. The summed E-state index contributed by atoms with van der Waals surface area (Å²) < 4.78 is 8.39. The summed E-state index contributed by atoms with van der Waals surface area (Å²) in [5.74, 6) is 0.423. The van der Waals surface area contributed by atoms with Gasteiger partial charge in [-0.25, -0.2) is 0 Å². The summed E-state index contributed by atoms with van der Waals surface area (Å²) in [6.07, 6.45) is 0. The lowest BCUT2D eigenvalue weighted by atomic mass is 9.84. The summed E-state index contributed by atoms with van der Waals surface area (Å²) in [5, 5.41) is 0. The average molecular weight is 138 g/mol. The van der Waals surface area contributed by atoms with E-state index in [1.54, 1.807) is 0 Å². The van der Waals surface area contributed by atoms with Gasteiger partial charge in [-0.15, -0.1) is 0 Å². The molecule has 0 aliphatic rings. The van der Waals surface area contributed by atoms with Gasteiger partial charge in [0.25, 0.3) is 0 Å². The van der Waals surface area contributed by atoms with Gasteiger partial charge in [-0.2, -0.15) is 8.67 Å². The Morgan fingerprint density at radius 1 is 1.57 bits per heavy atom. The Kier molecular flexibility index (Phi) is 5.31. The largest absolute Gasteiger partial charge is 0.244 e. The number of rotatable bonds is 3. The van der Waals surface area contributed by atoms with E-state index in [2.05, 4.69) is 21.6 Å². The van der Waals surface area contributed by atoms with Crippen LogP contribution in [0.4, 0.5) is 0 Å². The minimum Gasteiger partial charge on any atom is -0.163 e. The molecular weight excluding hydrogens is 131 g/mol. The first kappa shape index (κ1) is 7.68. The zero-order valence-corrected chi connectivity index (χ0v) is 5.96. The van der Waals surface area contributed by atoms with Crippen LogP contribution >= 0.6 is 24.8 Å². The minimum atomic E-state index is 0.423. The molecule has 0 bridgehead atoms. The third-order valence-corrected chi connectivity index (χ3v) is 0.969. The van der Waals surface area contributed by atoms with Crippen molar-refractivity contribution in [2.24, 2.45) is 0 Å². The molecule has 0 spiro atoms. The van der Waals surface area contributed by atoms with Crippen molar-refractivity contribution in [1.82, 2.24) is 0 Å². The zero-order chi connectivity index (χ0) is 5.70. The minimum absolute atomic E-state index is 0.423. The molecule has 2 nitrogen and oxygen atoms in total. The molecule has 0 rings (SSSR count). The van der Waals surface area contributed by atoms with Crippen molar-refractivity contribution >= 4 is 30.8 Å². The Labute approximate surface area is 53.7 Å². The van der Waals surface area contributed by atoms with Crippen molar-refractivity contribution in [3.05, 3.63) is 0 Å². The number of thiol groups is 1. The van der Waals surface area contributed by atoms with Crippen LogP contribution in [0.3, 0.4) is 0 Å². The molecule has 0 aromatic carbocycles. The van der Waals surface area contributed by atoms with Crippen LogP contribution in [0.1, 0.15) is 0 Å². The van der Waals surface area contributed by atoms with Gasteiger partial charge in [0.15, 0.2) is 0 Å². The van der Waals surface area contributed by atoms with E-state index in [1.807, 2.05) is 13.6 Å². The highest BCUT2D eigenvalue weighted by atomic mass is 32.2. The predicted octanol–water partition coefficient (Wildman–Crippen LogP) is 1.68. The second-order valence-electron chi connectivity index (χ2n) is 1.29. The van der Waals surface area contributed by atoms with Crippen molar-refractivity contribution in [3.63, 3.8) is 0 Å². The van der Waals surface area contributed by atoms with E-state index < -0.39 is 0 Å². The Bertz CT molecular complexity index is 42.7. The van der Waals surface area contributed by atoms with Crippen LogP contribution in [0.25, 0.3) is 0 Å². The molecule has 0 aromatic heterocycles. The summed E-state index contributed by atoms with van der Waals surface area (Å²) in [6.45, 7) is 3.99. The highest BCUT2D eigenvalue weighted by molar-refractivity contribution is 8.21. The molecule has 0 radical (unpaired) electrons. The Morgan fingerprint density at radius 3 is 2.29 bits per heavy atom. The maximum absolute atomic E-state index is 4.38. The Balaban J connectivity index is 2.68. The van der Waals surface area contributed by atoms with E-state index in [1.165, 1.54) is 11.9 Å². The Hall–Kier alpha value is 0.685. The van der Waals surface area contributed by atoms with Crippen molar-refractivity contribution in [3.8, 4) is 0 Å².